The Morgan fingerprint density at radius 3 is 1.95 bits per heavy atom. The largest absolute Gasteiger partial charge is 0.498 e. The molecule has 1 heteroatoms. The molecule has 3 rings (SSSR count). The summed E-state index contributed by atoms with van der Waals surface area (Å²) in [5, 5.41) is 0. The zero-order chi connectivity index (χ0) is 13.9. The molecule has 2 saturated carbocycles. The molecule has 0 aromatic heterocycles. The molecule has 0 radical (unpaired) electrons. The molecule has 2 aliphatic carbocycles. The molecule has 0 saturated heterocycles. The first-order chi connectivity index (χ1) is 9.72. The lowest BCUT2D eigenvalue weighted by Gasteiger charge is -2.38. The van der Waals surface area contributed by atoms with E-state index >= 15 is 0 Å². The molecule has 0 bridgehead atoms. The van der Waals surface area contributed by atoms with Crippen molar-refractivity contribution in [2.75, 3.05) is 6.61 Å². The summed E-state index contributed by atoms with van der Waals surface area (Å²) >= 11 is 0. The van der Waals surface area contributed by atoms with E-state index in [0.29, 0.717) is 0 Å². The Hall–Kier alpha value is -0.460. The van der Waals surface area contributed by atoms with E-state index in [1.807, 2.05) is 0 Å². The molecular weight excluding hydrogens is 244 g/mol. The van der Waals surface area contributed by atoms with E-state index in [4.69, 9.17) is 4.74 Å². The normalized spacial score (nSPS) is 42.7. The average molecular weight is 276 g/mol. The fraction of sp³-hybridized carbons (Fsp3) is 0.895. The van der Waals surface area contributed by atoms with Crippen molar-refractivity contribution in [1.29, 1.82) is 0 Å². The molecule has 3 aliphatic rings. The van der Waals surface area contributed by atoms with Crippen molar-refractivity contribution < 1.29 is 4.74 Å². The van der Waals surface area contributed by atoms with Gasteiger partial charge in [-0.1, -0.05) is 26.7 Å². The molecular formula is C19H32O. The highest BCUT2D eigenvalue weighted by Crippen LogP contribution is 2.43. The highest BCUT2D eigenvalue weighted by atomic mass is 16.5. The van der Waals surface area contributed by atoms with Crippen LogP contribution in [-0.4, -0.2) is 6.61 Å². The van der Waals surface area contributed by atoms with Crippen molar-refractivity contribution in [2.24, 2.45) is 29.6 Å². The molecule has 0 N–H and O–H groups in total. The minimum Gasteiger partial charge on any atom is -0.498 e. The molecule has 1 aliphatic heterocycles. The summed E-state index contributed by atoms with van der Waals surface area (Å²) in [6, 6.07) is 0. The monoisotopic (exact) mass is 276 g/mol. The van der Waals surface area contributed by atoms with Crippen LogP contribution in [0.4, 0.5) is 0 Å². The summed E-state index contributed by atoms with van der Waals surface area (Å²) in [6.07, 6.45) is 15.3. The summed E-state index contributed by atoms with van der Waals surface area (Å²) in [5.74, 6) is 5.89. The maximum Gasteiger partial charge on any atom is 0.0951 e. The first-order valence-electron chi connectivity index (χ1n) is 9.05. The van der Waals surface area contributed by atoms with Gasteiger partial charge in [0.2, 0.25) is 0 Å². The standard InChI is InChI=1S/C19H32O/c1-14-3-6-16(7-4-14)17-8-10-18(11-9-17)19-12-5-15(2)13-20-19/h12,14-18H,3-11,13H2,1-2H3. The Bertz CT molecular complexity index is 330. The van der Waals surface area contributed by atoms with Gasteiger partial charge in [-0.05, 0) is 74.7 Å². The second kappa shape index (κ2) is 6.54. The smallest absolute Gasteiger partial charge is 0.0951 e. The van der Waals surface area contributed by atoms with Gasteiger partial charge in [-0.3, -0.25) is 0 Å². The van der Waals surface area contributed by atoms with Crippen LogP contribution in [0, 0.1) is 29.6 Å². The third-order valence-corrected chi connectivity index (χ3v) is 6.16. The lowest BCUT2D eigenvalue weighted by Crippen LogP contribution is -2.27. The summed E-state index contributed by atoms with van der Waals surface area (Å²) in [4.78, 5) is 0. The molecule has 114 valence electrons. The van der Waals surface area contributed by atoms with Gasteiger partial charge in [0.25, 0.3) is 0 Å². The summed E-state index contributed by atoms with van der Waals surface area (Å²) in [7, 11) is 0. The molecule has 1 unspecified atom stereocenters. The van der Waals surface area contributed by atoms with Gasteiger partial charge in [-0.2, -0.15) is 0 Å². The van der Waals surface area contributed by atoms with Gasteiger partial charge in [0.15, 0.2) is 0 Å². The molecule has 1 heterocycles. The first kappa shape index (κ1) is 14.5. The SMILES string of the molecule is CC1CCC(C2CCC(C3=CCC(C)CO3)CC2)CC1. The quantitative estimate of drug-likeness (QED) is 0.641. The minimum absolute atomic E-state index is 0.722. The van der Waals surface area contributed by atoms with Crippen molar-refractivity contribution >= 4 is 0 Å². The maximum absolute atomic E-state index is 5.99. The zero-order valence-corrected chi connectivity index (χ0v) is 13.4. The Kier molecular flexibility index (Phi) is 4.73. The van der Waals surface area contributed by atoms with Gasteiger partial charge in [0.1, 0.15) is 0 Å². The maximum atomic E-state index is 5.99. The number of hydrogen-bond acceptors (Lipinski definition) is 1. The van der Waals surface area contributed by atoms with Crippen LogP contribution in [0.1, 0.15) is 71.6 Å². The van der Waals surface area contributed by atoms with Gasteiger partial charge >= 0.3 is 0 Å². The van der Waals surface area contributed by atoms with Crippen molar-refractivity contribution in [3.8, 4) is 0 Å². The Balaban J connectivity index is 1.47. The Morgan fingerprint density at radius 2 is 1.40 bits per heavy atom. The molecule has 0 aromatic rings. The predicted molar refractivity (Wildman–Crippen MR) is 84.4 cm³/mol. The van der Waals surface area contributed by atoms with E-state index in [-0.39, 0.29) is 0 Å². The van der Waals surface area contributed by atoms with Crippen molar-refractivity contribution in [1.82, 2.24) is 0 Å². The molecule has 2 fully saturated rings. The highest BCUT2D eigenvalue weighted by Gasteiger charge is 2.32. The molecule has 0 aromatic carbocycles. The van der Waals surface area contributed by atoms with Gasteiger partial charge in [0, 0.05) is 5.92 Å². The topological polar surface area (TPSA) is 9.23 Å². The van der Waals surface area contributed by atoms with Crippen LogP contribution >= 0.6 is 0 Å². The lowest BCUT2D eigenvalue weighted by molar-refractivity contribution is 0.0945. The fourth-order valence-corrected chi connectivity index (χ4v) is 4.60. The molecule has 0 amide bonds. The van der Waals surface area contributed by atoms with E-state index in [1.165, 1.54) is 63.5 Å². The third kappa shape index (κ3) is 3.40. The Labute approximate surface area is 125 Å². The van der Waals surface area contributed by atoms with Crippen LogP contribution in [0.5, 0.6) is 0 Å². The second-order valence-electron chi connectivity index (χ2n) is 7.89. The van der Waals surface area contributed by atoms with Crippen LogP contribution in [0.25, 0.3) is 0 Å². The molecule has 1 atom stereocenters. The average Bonchev–Trinajstić information content (AvgIpc) is 2.49. The van der Waals surface area contributed by atoms with E-state index < -0.39 is 0 Å². The summed E-state index contributed by atoms with van der Waals surface area (Å²) in [6.45, 7) is 5.67. The summed E-state index contributed by atoms with van der Waals surface area (Å²) in [5.41, 5.74) is 0. The molecule has 20 heavy (non-hydrogen) atoms. The van der Waals surface area contributed by atoms with Gasteiger partial charge in [-0.15, -0.1) is 0 Å². The number of hydrogen-bond donors (Lipinski definition) is 0. The third-order valence-electron chi connectivity index (χ3n) is 6.16. The second-order valence-corrected chi connectivity index (χ2v) is 7.89. The van der Waals surface area contributed by atoms with Crippen LogP contribution in [0.2, 0.25) is 0 Å². The minimum atomic E-state index is 0.722. The molecule has 0 spiro atoms. The van der Waals surface area contributed by atoms with E-state index in [2.05, 4.69) is 19.9 Å². The van der Waals surface area contributed by atoms with E-state index in [9.17, 15) is 0 Å². The number of ether oxygens (including phenoxy) is 1. The van der Waals surface area contributed by atoms with Gasteiger partial charge < -0.3 is 4.74 Å². The van der Waals surface area contributed by atoms with E-state index in [0.717, 1.165) is 36.2 Å². The van der Waals surface area contributed by atoms with Gasteiger partial charge in [0.05, 0.1) is 12.4 Å². The van der Waals surface area contributed by atoms with Crippen LogP contribution in [0.3, 0.4) is 0 Å². The van der Waals surface area contributed by atoms with Crippen molar-refractivity contribution in [3.05, 3.63) is 11.8 Å². The van der Waals surface area contributed by atoms with Crippen molar-refractivity contribution in [3.63, 3.8) is 0 Å². The number of allylic oxidation sites excluding steroid dienone is 2. The highest BCUT2D eigenvalue weighted by molar-refractivity contribution is 5.04. The van der Waals surface area contributed by atoms with Crippen LogP contribution < -0.4 is 0 Å². The lowest BCUT2D eigenvalue weighted by atomic mass is 9.69. The van der Waals surface area contributed by atoms with Gasteiger partial charge in [-0.25, -0.2) is 0 Å². The van der Waals surface area contributed by atoms with Crippen LogP contribution in [-0.2, 0) is 4.74 Å². The Morgan fingerprint density at radius 1 is 0.800 bits per heavy atom. The first-order valence-corrected chi connectivity index (χ1v) is 9.05. The van der Waals surface area contributed by atoms with E-state index in [1.54, 1.807) is 0 Å². The molecule has 1 nitrogen and oxygen atoms in total. The summed E-state index contributed by atoms with van der Waals surface area (Å²) < 4.78 is 5.99. The van der Waals surface area contributed by atoms with Crippen molar-refractivity contribution in [2.45, 2.75) is 71.6 Å². The zero-order valence-electron chi connectivity index (χ0n) is 13.4. The predicted octanol–water partition coefficient (Wildman–Crippen LogP) is 5.56. The number of rotatable bonds is 2. The fourth-order valence-electron chi connectivity index (χ4n) is 4.60. The van der Waals surface area contributed by atoms with Crippen LogP contribution in [0.15, 0.2) is 11.8 Å².